The third-order valence-electron chi connectivity index (χ3n) is 35.4. The fourth-order valence-electron chi connectivity index (χ4n) is 26.3. The number of rotatable bonds is 0. The molecule has 0 aromatic carbocycles. The molecule has 15 nitrogen and oxygen atoms in total. The molecule has 142 heavy (non-hydrogen) atoms. The van der Waals surface area contributed by atoms with E-state index in [0.29, 0.717) is 42.5 Å². The van der Waals surface area contributed by atoms with Crippen molar-refractivity contribution >= 4 is 33.4 Å². The van der Waals surface area contributed by atoms with Gasteiger partial charge in [-0.25, -0.2) is 8.42 Å². The molecule has 17 heteroatoms. The Morgan fingerprint density at radius 2 is 0.549 bits per heavy atom. The van der Waals surface area contributed by atoms with Crippen molar-refractivity contribution in [1.82, 2.24) is 24.5 Å². The van der Waals surface area contributed by atoms with Gasteiger partial charge in [0.2, 0.25) is 0 Å². The number of likely N-dealkylation sites (tertiary alicyclic amines) is 1. The molecule has 5 unspecified atom stereocenters. The zero-order chi connectivity index (χ0) is 95.7. The summed E-state index contributed by atoms with van der Waals surface area (Å²) in [6.07, 6.45) is 116. The number of piperazine rings is 3. The standard InChI is InChI=1S/C10H18.C9H17N.C9H16.C8H15N.C8H14.C7H13N.C6H12N2.C6H12O2S.2C6H10O.2C6H12.C5H10O.2C5H10.C4H6O2.2C4H8O.C4H8S.C2H4O.5CH4/c1-2-6-10-8-4-3-7-9(10)5-1;1-3-7-10-8-4-2-6-9(10)5-1;1-2-5-9-7-3-6-8(9)4-1;1-2-6-9-7-3-5-8(9)4-1;1-2-8-5-3-7(1)4-6-8;1-8-5-6-2-3-7(8)4-6;1-2-8-5-3-7(1)4-6-8;7-9(8)5-3-1-2-4-6-9;1-2-6-4-3-5(1)7-6;7-6-4-2-1-3-5-6;3*1-2-4-6-5-3-1;2*1-2-4-5-3-1;5-4-2-1-3-6-4;3*1-2-4-5-3-1;1-2-3-1;;;;;/h9-10H,1-8H2;9H,1-8H2;8-9H,1-7H2;8H,1-7H2;7-8H,1-6H2;6-7H,2-5H2,1H3;1-6H2;1-6H2;5-6H,1-4H2;1-5H2;2*1-6H2;1-5H2;2*1-5H2;1-3H2;3*1-4H2;1-2H2;5*1H4. The van der Waals surface area contributed by atoms with E-state index >= 15 is 0 Å². The van der Waals surface area contributed by atoms with Crippen LogP contribution in [-0.4, -0.2) is 237 Å². The number of hydrogen-bond acceptors (Lipinski definition) is 16. The van der Waals surface area contributed by atoms with Gasteiger partial charge in [-0.1, -0.05) is 352 Å². The number of Topliss-reactive ketones (excluding diaryl/α,β-unsaturated/α-hetero) is 1. The van der Waals surface area contributed by atoms with Crippen LogP contribution in [0.5, 0.6) is 0 Å². The Kier molecular flexibility index (Phi) is 83.9. The fourth-order valence-corrected chi connectivity index (χ4v) is 28.8. The first-order valence-corrected chi connectivity index (χ1v) is 64.6. The number of epoxide rings is 1. The third kappa shape index (κ3) is 66.2. The molecule has 13 aliphatic carbocycles. The van der Waals surface area contributed by atoms with Gasteiger partial charge in [0, 0.05) is 123 Å². The van der Waals surface area contributed by atoms with Crippen molar-refractivity contribution in [2.75, 3.05) is 162 Å². The molecular weight excluding hydrogens is 1800 g/mol. The topological polar surface area (TPSA) is 143 Å². The van der Waals surface area contributed by atoms with Crippen LogP contribution >= 0.6 is 11.8 Å². The Morgan fingerprint density at radius 3 is 0.754 bits per heavy atom. The molecule has 17 saturated heterocycles. The number of piperidine rings is 4. The van der Waals surface area contributed by atoms with E-state index < -0.39 is 9.84 Å². The molecule has 30 aliphatic rings. The zero-order valence-electron chi connectivity index (χ0n) is 90.3. The second-order valence-electron chi connectivity index (χ2n) is 46.8. The highest BCUT2D eigenvalue weighted by Crippen LogP contribution is 2.44. The molecule has 13 saturated carbocycles. The molecule has 842 valence electrons. The molecule has 17 heterocycles. The van der Waals surface area contributed by atoms with Gasteiger partial charge in [0.15, 0.2) is 0 Å². The summed E-state index contributed by atoms with van der Waals surface area (Å²) in [5.74, 6) is 12.1. The lowest BCUT2D eigenvalue weighted by Gasteiger charge is -2.41. The number of cyclic esters (lactones) is 1. The van der Waals surface area contributed by atoms with E-state index in [-0.39, 0.29) is 43.1 Å². The lowest BCUT2D eigenvalue weighted by molar-refractivity contribution is -0.138. The largest absolute Gasteiger partial charge is 0.466 e. The van der Waals surface area contributed by atoms with Gasteiger partial charge < -0.3 is 43.1 Å². The average Bonchev–Trinajstić information content (AvgIpc) is 1.75. The molecule has 0 radical (unpaired) electrons. The van der Waals surface area contributed by atoms with Crippen molar-refractivity contribution in [3.05, 3.63) is 0 Å². The van der Waals surface area contributed by atoms with Crippen LogP contribution in [0.1, 0.15) is 557 Å². The van der Waals surface area contributed by atoms with E-state index in [1.807, 2.05) is 0 Å². The van der Waals surface area contributed by atoms with Gasteiger partial charge in [-0.15, -0.1) is 0 Å². The number of nitrogens with zero attached hydrogens (tertiary/aromatic N) is 5. The highest BCUT2D eigenvalue weighted by molar-refractivity contribution is 7.99. The van der Waals surface area contributed by atoms with Gasteiger partial charge in [0.1, 0.15) is 15.6 Å². The average molecular weight is 2040 g/mol. The lowest BCUT2D eigenvalue weighted by Crippen LogP contribution is -2.55. The normalized spacial score (nSPS) is 31.5. The summed E-state index contributed by atoms with van der Waals surface area (Å²) in [5.41, 5.74) is 0. The highest BCUT2D eigenvalue weighted by atomic mass is 32.2. The molecule has 0 spiro atoms. The lowest BCUT2D eigenvalue weighted by atomic mass is 9.71. The van der Waals surface area contributed by atoms with Gasteiger partial charge in [-0.3, -0.25) is 19.4 Å². The number of carbonyl (C=O) groups excluding carboxylic acids is 2. The molecule has 0 amide bonds. The Morgan fingerprint density at radius 1 is 0.254 bits per heavy atom. The Bertz CT molecular complexity index is 2480. The maximum absolute atomic E-state index is 10.9. The van der Waals surface area contributed by atoms with Crippen LogP contribution in [0.3, 0.4) is 0 Å². The van der Waals surface area contributed by atoms with Gasteiger partial charge in [-0.05, 0) is 272 Å². The quantitative estimate of drug-likeness (QED) is 0.167. The smallest absolute Gasteiger partial charge is 0.305 e. The van der Waals surface area contributed by atoms with E-state index in [0.717, 1.165) is 158 Å². The van der Waals surface area contributed by atoms with Crippen molar-refractivity contribution in [2.45, 2.75) is 588 Å². The van der Waals surface area contributed by atoms with Crippen molar-refractivity contribution in [1.29, 1.82) is 0 Å². The van der Waals surface area contributed by atoms with E-state index in [1.165, 1.54) is 461 Å². The minimum Gasteiger partial charge on any atom is -0.466 e. The molecule has 0 aromatic heterocycles. The molecule has 17 aliphatic heterocycles. The summed E-state index contributed by atoms with van der Waals surface area (Å²) in [6.45, 7) is 23.5. The second-order valence-corrected chi connectivity index (χ2v) is 50.3. The minimum atomic E-state index is -2.62. The van der Waals surface area contributed by atoms with Crippen molar-refractivity contribution in [3.63, 3.8) is 0 Å². The summed E-state index contributed by atoms with van der Waals surface area (Å²) >= 11 is 2.07. The monoisotopic (exact) mass is 2040 g/mol. The first kappa shape index (κ1) is 133. The maximum Gasteiger partial charge on any atom is 0.305 e. The number of carbonyl (C=O) groups is 2. The SMILES string of the molecule is C.C.C.C.C.C1CC2CCC1CC2.C1CC2CCC1O2.C1CCC2CCCC2C1.C1CCC2CCCCC2C1.C1CCCC1.C1CCCC1.C1CCCCC1.C1CCCCC1.C1CCN2CCCC2C1.C1CCN2CCCCC2C1.C1CCOC1.C1CCOC1.C1CCOCC1.C1CCSC1.C1CN2CCN1CC2.C1CO1.CN1CC2CCC1C2.O=C1CCCCC1.O=C1CCCO1.O=S1(=O)CCCCCC1. The number of hydrogen-bond donors (Lipinski definition) is 0. The van der Waals surface area contributed by atoms with E-state index in [2.05, 4.69) is 52.8 Å². The summed E-state index contributed by atoms with van der Waals surface area (Å²) in [4.78, 5) is 33.4. The zero-order valence-corrected chi connectivity index (χ0v) is 91.9. The van der Waals surface area contributed by atoms with Crippen LogP contribution in [0.2, 0.25) is 0 Å². The number of thioether (sulfide) groups is 1. The predicted octanol–water partition coefficient (Wildman–Crippen LogP) is 33.5. The summed E-state index contributed by atoms with van der Waals surface area (Å²) in [7, 11) is -0.365. The van der Waals surface area contributed by atoms with E-state index in [9.17, 15) is 18.0 Å². The molecule has 0 aromatic rings. The van der Waals surface area contributed by atoms with Crippen molar-refractivity contribution in [3.8, 4) is 0 Å². The Balaban J connectivity index is 0.000000313. The first-order chi connectivity index (χ1) is 67.6. The number of ketones is 1. The number of sulfone groups is 1. The number of fused-ring (bicyclic) bond motifs is 14. The molecule has 30 rings (SSSR count). The summed E-state index contributed by atoms with van der Waals surface area (Å²) in [5, 5.41) is 0. The third-order valence-corrected chi connectivity index (χ3v) is 38.3. The van der Waals surface area contributed by atoms with Crippen molar-refractivity contribution in [2.24, 2.45) is 41.4 Å². The fraction of sp³-hybridized carbons (Fsp3) is 0.984. The van der Waals surface area contributed by atoms with Gasteiger partial charge >= 0.3 is 5.97 Å². The van der Waals surface area contributed by atoms with Gasteiger partial charge in [0.05, 0.1) is 43.5 Å². The Hall–Kier alpha value is -0.960. The summed E-state index contributed by atoms with van der Waals surface area (Å²) < 4.78 is 51.2. The molecular formula is C125H245N5O10S2. The first-order valence-electron chi connectivity index (χ1n) is 61.6. The van der Waals surface area contributed by atoms with E-state index in [4.69, 9.17) is 18.9 Å². The van der Waals surface area contributed by atoms with Crippen LogP contribution in [-0.2, 0) is 47.8 Å². The Labute approximate surface area is 889 Å². The second kappa shape index (κ2) is 89.4. The highest BCUT2D eigenvalue weighted by Gasteiger charge is 2.36. The molecule has 8 bridgehead atoms. The maximum atomic E-state index is 10.9. The molecule has 30 fully saturated rings. The van der Waals surface area contributed by atoms with Crippen LogP contribution in [0.25, 0.3) is 0 Å². The number of esters is 1. The summed E-state index contributed by atoms with van der Waals surface area (Å²) in [6, 6.07) is 2.96. The van der Waals surface area contributed by atoms with Crippen LogP contribution in [0.15, 0.2) is 0 Å². The van der Waals surface area contributed by atoms with Crippen LogP contribution < -0.4 is 0 Å². The van der Waals surface area contributed by atoms with E-state index in [1.54, 1.807) is 89.9 Å². The predicted molar refractivity (Wildman–Crippen MR) is 616 cm³/mol. The van der Waals surface area contributed by atoms with Crippen LogP contribution in [0.4, 0.5) is 0 Å². The number of ether oxygens (including phenoxy) is 6. The van der Waals surface area contributed by atoms with Gasteiger partial charge in [-0.2, -0.15) is 11.8 Å². The molecule has 5 atom stereocenters. The van der Waals surface area contributed by atoms with Crippen LogP contribution in [0, 0.1) is 41.4 Å². The minimum absolute atomic E-state index is 0. The molecule has 0 N–H and O–H groups in total. The van der Waals surface area contributed by atoms with Gasteiger partial charge in [0.25, 0.3) is 0 Å². The van der Waals surface area contributed by atoms with Crippen molar-refractivity contribution < 1.29 is 46.4 Å².